The molecule has 12 heteroatoms. The molecular weight excluding hydrogens is 656 g/mol. The molecule has 0 spiro atoms. The van der Waals surface area contributed by atoms with Gasteiger partial charge in [0.25, 0.3) is 0 Å². The van der Waals surface area contributed by atoms with Crippen molar-refractivity contribution in [3.8, 4) is 23.0 Å². The Labute approximate surface area is 298 Å². The molecule has 3 heterocycles. The number of hydrogen-bond donors (Lipinski definition) is 2. The van der Waals surface area contributed by atoms with Crippen LogP contribution in [0.25, 0.3) is 10.9 Å². The summed E-state index contributed by atoms with van der Waals surface area (Å²) in [6, 6.07) is 6.75. The van der Waals surface area contributed by atoms with Crippen LogP contribution in [0.1, 0.15) is 89.9 Å². The number of fused-ring (bicyclic) bond motifs is 6. The average Bonchev–Trinajstić information content (AvgIpc) is 3.52. The standard InChI is InChI=1S/C39H50N2O10/c1-7-8-9-10-11-29(42)26-17-25-23-12-13-41-20-22-16-33(51-38(44)21-14-31(47-3)36(43)32(15-21)48-4)37(49-5)34(39(45)50-6)24(22)18-28(41)35(23)40-27(25)19-30(26)46-2/h14-15,17,19,22,24,28,33-34,37,40,43H,7-13,16,18,20H2,1-6H3/t22-,24+,28-,33-,34+,37+/m1/s1. The molecule has 276 valence electrons. The molecule has 0 radical (unpaired) electrons. The number of ketones is 1. The monoisotopic (exact) mass is 706 g/mol. The van der Waals surface area contributed by atoms with E-state index in [4.69, 9.17) is 28.4 Å². The van der Waals surface area contributed by atoms with E-state index in [2.05, 4.69) is 16.8 Å². The SMILES string of the molecule is CCCCCCC(=O)c1cc2c3c([nH]c2cc1OC)[C@H]1C[C@H]2[C@H](C[C@@H](OC(=O)c4cc(OC)c(O)c(OC)c4)[C@H](OC)[C@H]2C(=O)OC)CN1CC3. The molecule has 1 aromatic heterocycles. The second-order valence-corrected chi connectivity index (χ2v) is 13.9. The Hall–Kier alpha value is -4.29. The molecule has 2 fully saturated rings. The molecule has 0 bridgehead atoms. The molecular formula is C39H50N2O10. The summed E-state index contributed by atoms with van der Waals surface area (Å²) in [6.07, 6.45) is 5.15. The molecule has 12 nitrogen and oxygen atoms in total. The maximum atomic E-state index is 13.6. The maximum absolute atomic E-state index is 13.6. The fourth-order valence-electron chi connectivity index (χ4n) is 8.72. The van der Waals surface area contributed by atoms with Gasteiger partial charge in [-0.1, -0.05) is 26.2 Å². The van der Waals surface area contributed by atoms with Crippen LogP contribution in [-0.2, 0) is 25.4 Å². The van der Waals surface area contributed by atoms with Gasteiger partial charge in [-0.3, -0.25) is 14.5 Å². The van der Waals surface area contributed by atoms with Crippen LogP contribution >= 0.6 is 0 Å². The highest BCUT2D eigenvalue weighted by Crippen LogP contribution is 2.51. The number of phenols is 1. The summed E-state index contributed by atoms with van der Waals surface area (Å²) in [7, 11) is 7.26. The van der Waals surface area contributed by atoms with E-state index in [1.54, 1.807) is 7.11 Å². The van der Waals surface area contributed by atoms with Gasteiger partial charge in [0.15, 0.2) is 17.3 Å². The van der Waals surface area contributed by atoms with Crippen molar-refractivity contribution in [1.29, 1.82) is 0 Å². The Morgan fingerprint density at radius 3 is 2.29 bits per heavy atom. The highest BCUT2D eigenvalue weighted by atomic mass is 16.6. The van der Waals surface area contributed by atoms with Crippen LogP contribution in [0.4, 0.5) is 0 Å². The summed E-state index contributed by atoms with van der Waals surface area (Å²) in [5, 5.41) is 11.4. The quantitative estimate of drug-likeness (QED) is 0.122. The zero-order valence-corrected chi connectivity index (χ0v) is 30.4. The largest absolute Gasteiger partial charge is 0.502 e. The van der Waals surface area contributed by atoms with Crippen molar-refractivity contribution >= 4 is 28.6 Å². The topological polar surface area (TPSA) is 146 Å². The van der Waals surface area contributed by atoms with Crippen molar-refractivity contribution in [2.75, 3.05) is 48.6 Å². The summed E-state index contributed by atoms with van der Waals surface area (Å²) in [5.41, 5.74) is 4.00. The van der Waals surface area contributed by atoms with Gasteiger partial charge in [0, 0.05) is 49.3 Å². The molecule has 0 unspecified atom stereocenters. The summed E-state index contributed by atoms with van der Waals surface area (Å²) < 4.78 is 33.6. The van der Waals surface area contributed by atoms with E-state index >= 15 is 0 Å². The van der Waals surface area contributed by atoms with Crippen molar-refractivity contribution in [1.82, 2.24) is 9.88 Å². The van der Waals surface area contributed by atoms with E-state index in [0.717, 1.165) is 55.2 Å². The van der Waals surface area contributed by atoms with Gasteiger partial charge in [0.05, 0.1) is 51.5 Å². The zero-order chi connectivity index (χ0) is 36.4. The van der Waals surface area contributed by atoms with Crippen molar-refractivity contribution in [2.45, 2.75) is 76.5 Å². The Morgan fingerprint density at radius 1 is 0.922 bits per heavy atom. The number of Topliss-reactive ketones (excluding diaryl/α,β-unsaturated/α-hetero) is 1. The van der Waals surface area contributed by atoms with Crippen LogP contribution in [-0.4, -0.2) is 93.6 Å². The summed E-state index contributed by atoms with van der Waals surface area (Å²) >= 11 is 0. The summed E-state index contributed by atoms with van der Waals surface area (Å²) in [5.74, 6) is -1.19. The lowest BCUT2D eigenvalue weighted by Gasteiger charge is -2.52. The third kappa shape index (κ3) is 6.87. The number of methoxy groups -OCH3 is 5. The lowest BCUT2D eigenvalue weighted by molar-refractivity contribution is -0.176. The van der Waals surface area contributed by atoms with Gasteiger partial charge in [-0.2, -0.15) is 0 Å². The van der Waals surface area contributed by atoms with Crippen LogP contribution in [0.3, 0.4) is 0 Å². The van der Waals surface area contributed by atoms with Crippen molar-refractivity contribution in [2.24, 2.45) is 17.8 Å². The van der Waals surface area contributed by atoms with E-state index in [0.29, 0.717) is 37.1 Å². The lowest BCUT2D eigenvalue weighted by Crippen LogP contribution is -2.58. The Kier molecular flexibility index (Phi) is 11.1. The van der Waals surface area contributed by atoms with Gasteiger partial charge in [-0.25, -0.2) is 4.79 Å². The number of esters is 2. The number of hydrogen-bond acceptors (Lipinski definition) is 11. The molecule has 0 amide bonds. The number of aromatic hydroxyl groups is 1. The van der Waals surface area contributed by atoms with E-state index in [9.17, 15) is 19.5 Å². The number of ether oxygens (including phenoxy) is 6. The van der Waals surface area contributed by atoms with E-state index < -0.39 is 30.1 Å². The molecule has 6 atom stereocenters. The number of rotatable bonds is 13. The zero-order valence-electron chi connectivity index (χ0n) is 30.4. The first-order valence-corrected chi connectivity index (χ1v) is 17.9. The number of H-pyrrole nitrogens is 1. The Balaban J connectivity index is 1.28. The average molecular weight is 707 g/mol. The van der Waals surface area contributed by atoms with E-state index in [1.807, 2.05) is 12.1 Å². The third-order valence-electron chi connectivity index (χ3n) is 11.2. The number of carbonyl (C=O) groups is 3. The second kappa shape index (κ2) is 15.5. The van der Waals surface area contributed by atoms with Crippen molar-refractivity contribution in [3.05, 3.63) is 46.6 Å². The number of aromatic amines is 1. The van der Waals surface area contributed by atoms with Crippen LogP contribution in [0.5, 0.6) is 23.0 Å². The van der Waals surface area contributed by atoms with Gasteiger partial charge < -0.3 is 38.5 Å². The molecule has 2 aliphatic heterocycles. The molecule has 3 aliphatic rings. The van der Waals surface area contributed by atoms with Gasteiger partial charge in [0.2, 0.25) is 5.75 Å². The smallest absolute Gasteiger partial charge is 0.338 e. The first-order chi connectivity index (χ1) is 24.7. The highest BCUT2D eigenvalue weighted by Gasteiger charge is 2.54. The van der Waals surface area contributed by atoms with Crippen LogP contribution in [0.15, 0.2) is 24.3 Å². The molecule has 2 N–H and O–H groups in total. The van der Waals surface area contributed by atoms with Crippen molar-refractivity contribution in [3.63, 3.8) is 0 Å². The number of unbranched alkanes of at least 4 members (excludes halogenated alkanes) is 3. The number of nitrogens with one attached hydrogen (secondary N) is 1. The highest BCUT2D eigenvalue weighted by molar-refractivity contribution is 6.03. The fraction of sp³-hybridized carbons (Fsp3) is 0.564. The summed E-state index contributed by atoms with van der Waals surface area (Å²) in [6.45, 7) is 3.67. The van der Waals surface area contributed by atoms with Crippen molar-refractivity contribution < 1.29 is 47.9 Å². The third-order valence-corrected chi connectivity index (χ3v) is 11.2. The molecule has 2 aromatic carbocycles. The van der Waals surface area contributed by atoms with Gasteiger partial charge in [0.1, 0.15) is 18.0 Å². The van der Waals surface area contributed by atoms with Gasteiger partial charge in [-0.05, 0) is 61.3 Å². The van der Waals surface area contributed by atoms with Crippen LogP contribution in [0.2, 0.25) is 0 Å². The fourth-order valence-corrected chi connectivity index (χ4v) is 8.72. The molecule has 3 aromatic rings. The first kappa shape index (κ1) is 36.5. The Bertz CT molecular complexity index is 1740. The number of piperidine rings is 1. The van der Waals surface area contributed by atoms with E-state index in [-0.39, 0.29) is 46.5 Å². The number of nitrogens with zero attached hydrogens (tertiary/aromatic N) is 1. The van der Waals surface area contributed by atoms with Crippen LogP contribution < -0.4 is 14.2 Å². The number of phenolic OH excluding ortho intramolecular Hbond substituents is 1. The lowest BCUT2D eigenvalue weighted by atomic mass is 9.63. The predicted octanol–water partition coefficient (Wildman–Crippen LogP) is 6.02. The van der Waals surface area contributed by atoms with Crippen LogP contribution in [0, 0.1) is 17.8 Å². The molecule has 1 saturated heterocycles. The minimum atomic E-state index is -0.740. The molecule has 6 rings (SSSR count). The number of benzene rings is 2. The Morgan fingerprint density at radius 2 is 1.65 bits per heavy atom. The van der Waals surface area contributed by atoms with Gasteiger partial charge >= 0.3 is 11.9 Å². The van der Waals surface area contributed by atoms with Gasteiger partial charge in [-0.15, -0.1) is 0 Å². The second-order valence-electron chi connectivity index (χ2n) is 13.9. The predicted molar refractivity (Wildman–Crippen MR) is 189 cm³/mol. The molecule has 51 heavy (non-hydrogen) atoms. The normalized spacial score (nSPS) is 24.2. The number of aromatic nitrogens is 1. The van der Waals surface area contributed by atoms with E-state index in [1.165, 1.54) is 46.1 Å². The maximum Gasteiger partial charge on any atom is 0.338 e. The minimum Gasteiger partial charge on any atom is -0.502 e. The first-order valence-electron chi connectivity index (χ1n) is 17.9. The molecule has 1 saturated carbocycles. The minimum absolute atomic E-state index is 0.0160. The summed E-state index contributed by atoms with van der Waals surface area (Å²) in [4.78, 5) is 46.6. The number of carbonyl (C=O) groups excluding carboxylic acids is 3. The molecule has 1 aliphatic carbocycles.